The maximum absolute atomic E-state index is 11.2. The van der Waals surface area contributed by atoms with Gasteiger partial charge in [0, 0.05) is 17.0 Å². The SMILES string of the molecule is O=C1CC(c2cnc(-c3ccco3)s2)CC(=O)O1. The van der Waals surface area contributed by atoms with Crippen LogP contribution in [0.5, 0.6) is 0 Å². The number of ether oxygens (including phenoxy) is 1. The summed E-state index contributed by atoms with van der Waals surface area (Å²) in [7, 11) is 0. The molecule has 1 aliphatic rings. The second-order valence-electron chi connectivity index (χ2n) is 4.00. The number of hydrogen-bond acceptors (Lipinski definition) is 6. The normalized spacial score (nSPS) is 16.9. The summed E-state index contributed by atoms with van der Waals surface area (Å²) in [5, 5.41) is 0.751. The first-order valence-electron chi connectivity index (χ1n) is 5.45. The van der Waals surface area contributed by atoms with Crippen molar-refractivity contribution in [3.63, 3.8) is 0 Å². The topological polar surface area (TPSA) is 69.4 Å². The van der Waals surface area contributed by atoms with Crippen LogP contribution in [-0.4, -0.2) is 16.9 Å². The lowest BCUT2D eigenvalue weighted by Crippen LogP contribution is -2.23. The molecule has 2 aromatic heterocycles. The van der Waals surface area contributed by atoms with E-state index in [1.54, 1.807) is 18.5 Å². The molecule has 0 unspecified atom stereocenters. The predicted molar refractivity (Wildman–Crippen MR) is 62.9 cm³/mol. The molecule has 0 amide bonds. The van der Waals surface area contributed by atoms with E-state index in [-0.39, 0.29) is 18.8 Å². The number of furan rings is 1. The van der Waals surface area contributed by atoms with Crippen LogP contribution in [0.25, 0.3) is 10.8 Å². The maximum Gasteiger partial charge on any atom is 0.314 e. The van der Waals surface area contributed by atoms with Crippen LogP contribution in [0, 0.1) is 0 Å². The smallest absolute Gasteiger partial charge is 0.314 e. The van der Waals surface area contributed by atoms with Gasteiger partial charge in [-0.25, -0.2) is 4.98 Å². The number of cyclic esters (lactones) is 2. The first kappa shape index (κ1) is 11.2. The molecule has 0 N–H and O–H groups in total. The average molecular weight is 263 g/mol. The van der Waals surface area contributed by atoms with Crippen LogP contribution in [0.2, 0.25) is 0 Å². The number of rotatable bonds is 2. The highest BCUT2D eigenvalue weighted by Gasteiger charge is 2.29. The van der Waals surface area contributed by atoms with Gasteiger partial charge < -0.3 is 9.15 Å². The fourth-order valence-electron chi connectivity index (χ4n) is 1.88. The molecule has 1 fully saturated rings. The quantitative estimate of drug-likeness (QED) is 0.614. The Morgan fingerprint density at radius 2 is 2.06 bits per heavy atom. The summed E-state index contributed by atoms with van der Waals surface area (Å²) in [5.41, 5.74) is 0. The maximum atomic E-state index is 11.2. The molecule has 0 saturated carbocycles. The lowest BCUT2D eigenvalue weighted by Gasteiger charge is -2.17. The van der Waals surface area contributed by atoms with Crippen LogP contribution >= 0.6 is 11.3 Å². The Balaban J connectivity index is 1.85. The second kappa shape index (κ2) is 4.38. The second-order valence-corrected chi connectivity index (χ2v) is 5.06. The molecule has 92 valence electrons. The van der Waals surface area contributed by atoms with Crippen molar-refractivity contribution in [1.82, 2.24) is 4.98 Å². The number of nitrogens with zero attached hydrogens (tertiary/aromatic N) is 1. The molecule has 0 radical (unpaired) electrons. The summed E-state index contributed by atoms with van der Waals surface area (Å²) >= 11 is 1.44. The van der Waals surface area contributed by atoms with Crippen LogP contribution in [0.1, 0.15) is 23.6 Å². The lowest BCUT2D eigenvalue weighted by atomic mass is 9.98. The molecule has 1 saturated heterocycles. The number of carbonyl (C=O) groups excluding carboxylic acids is 2. The van der Waals surface area contributed by atoms with Gasteiger partial charge in [-0.15, -0.1) is 11.3 Å². The monoisotopic (exact) mass is 263 g/mol. The molecular weight excluding hydrogens is 254 g/mol. The van der Waals surface area contributed by atoms with Crippen molar-refractivity contribution in [2.75, 3.05) is 0 Å². The Kier molecular flexibility index (Phi) is 2.71. The zero-order chi connectivity index (χ0) is 12.5. The summed E-state index contributed by atoms with van der Waals surface area (Å²) in [6.45, 7) is 0. The van der Waals surface area contributed by atoms with Crippen LogP contribution < -0.4 is 0 Å². The number of aromatic nitrogens is 1. The third-order valence-electron chi connectivity index (χ3n) is 2.71. The summed E-state index contributed by atoms with van der Waals surface area (Å²) in [6, 6.07) is 3.61. The molecule has 6 heteroatoms. The molecule has 0 spiro atoms. The molecule has 5 nitrogen and oxygen atoms in total. The minimum Gasteiger partial charge on any atom is -0.462 e. The highest BCUT2D eigenvalue weighted by Crippen LogP contribution is 2.35. The van der Waals surface area contributed by atoms with Crippen molar-refractivity contribution in [2.45, 2.75) is 18.8 Å². The zero-order valence-electron chi connectivity index (χ0n) is 9.29. The van der Waals surface area contributed by atoms with Crippen LogP contribution in [-0.2, 0) is 14.3 Å². The van der Waals surface area contributed by atoms with Gasteiger partial charge in [-0.05, 0) is 12.1 Å². The van der Waals surface area contributed by atoms with Crippen molar-refractivity contribution in [1.29, 1.82) is 0 Å². The summed E-state index contributed by atoms with van der Waals surface area (Å²) in [6.07, 6.45) is 3.73. The van der Waals surface area contributed by atoms with Crippen LogP contribution in [0.3, 0.4) is 0 Å². The molecular formula is C12H9NO4S. The Bertz CT molecular complexity index is 571. The molecule has 0 aromatic carbocycles. The Labute approximate surface area is 106 Å². The number of carbonyl (C=O) groups is 2. The van der Waals surface area contributed by atoms with E-state index in [9.17, 15) is 9.59 Å². The number of thiazole rings is 1. The molecule has 0 bridgehead atoms. The number of hydrogen-bond donors (Lipinski definition) is 0. The summed E-state index contributed by atoms with van der Waals surface area (Å²) in [5.74, 6) is -0.371. The molecule has 0 atom stereocenters. The van der Waals surface area contributed by atoms with Crippen molar-refractivity contribution < 1.29 is 18.7 Å². The summed E-state index contributed by atoms with van der Waals surface area (Å²) in [4.78, 5) is 27.6. The third kappa shape index (κ3) is 2.06. The Morgan fingerprint density at radius 1 is 1.28 bits per heavy atom. The van der Waals surface area contributed by atoms with Crippen LogP contribution in [0.15, 0.2) is 29.0 Å². The third-order valence-corrected chi connectivity index (χ3v) is 3.89. The fraction of sp³-hybridized carbons (Fsp3) is 0.250. The van der Waals surface area contributed by atoms with Gasteiger partial charge in [0.25, 0.3) is 0 Å². The minimum atomic E-state index is -0.468. The van der Waals surface area contributed by atoms with Crippen molar-refractivity contribution in [2.24, 2.45) is 0 Å². The highest BCUT2D eigenvalue weighted by molar-refractivity contribution is 7.15. The molecule has 3 heterocycles. The van der Waals surface area contributed by atoms with E-state index in [0.717, 1.165) is 9.88 Å². The van der Waals surface area contributed by atoms with Gasteiger partial charge in [0.05, 0.1) is 19.1 Å². The average Bonchev–Trinajstić information content (AvgIpc) is 2.99. The number of esters is 2. The van der Waals surface area contributed by atoms with E-state index in [4.69, 9.17) is 4.42 Å². The first-order valence-corrected chi connectivity index (χ1v) is 6.27. The standard InChI is InChI=1S/C12H9NO4S/c14-10-4-7(5-11(15)17-10)9-6-13-12(18-9)8-2-1-3-16-8/h1-3,6-7H,4-5H2. The predicted octanol–water partition coefficient (Wildman–Crippen LogP) is 2.35. The largest absolute Gasteiger partial charge is 0.462 e. The van der Waals surface area contributed by atoms with Crippen LogP contribution in [0.4, 0.5) is 0 Å². The zero-order valence-corrected chi connectivity index (χ0v) is 10.1. The van der Waals surface area contributed by atoms with E-state index in [1.165, 1.54) is 11.3 Å². The van der Waals surface area contributed by atoms with Gasteiger partial charge in [-0.3, -0.25) is 9.59 Å². The molecule has 1 aliphatic heterocycles. The minimum absolute atomic E-state index is 0.125. The van der Waals surface area contributed by atoms with Gasteiger partial charge >= 0.3 is 11.9 Å². The molecule has 0 aliphatic carbocycles. The van der Waals surface area contributed by atoms with E-state index < -0.39 is 11.9 Å². The van der Waals surface area contributed by atoms with Gasteiger partial charge in [0.15, 0.2) is 10.8 Å². The van der Waals surface area contributed by atoms with Gasteiger partial charge in [-0.2, -0.15) is 0 Å². The first-order chi connectivity index (χ1) is 8.72. The molecule has 3 rings (SSSR count). The Hall–Kier alpha value is -1.95. The lowest BCUT2D eigenvalue weighted by molar-refractivity contribution is -0.163. The van der Waals surface area contributed by atoms with E-state index in [1.807, 2.05) is 6.07 Å². The Morgan fingerprint density at radius 3 is 2.72 bits per heavy atom. The highest BCUT2D eigenvalue weighted by atomic mass is 32.1. The van der Waals surface area contributed by atoms with Gasteiger partial charge in [-0.1, -0.05) is 0 Å². The van der Waals surface area contributed by atoms with Crippen molar-refractivity contribution in [3.05, 3.63) is 29.5 Å². The summed E-state index contributed by atoms with van der Waals surface area (Å²) < 4.78 is 9.76. The van der Waals surface area contributed by atoms with E-state index in [2.05, 4.69) is 9.72 Å². The molecule has 18 heavy (non-hydrogen) atoms. The van der Waals surface area contributed by atoms with Gasteiger partial charge in [0.1, 0.15) is 0 Å². The van der Waals surface area contributed by atoms with Crippen molar-refractivity contribution >= 4 is 23.3 Å². The molecule has 2 aromatic rings. The van der Waals surface area contributed by atoms with E-state index in [0.29, 0.717) is 5.76 Å². The van der Waals surface area contributed by atoms with Gasteiger partial charge in [0.2, 0.25) is 0 Å². The van der Waals surface area contributed by atoms with Crippen molar-refractivity contribution in [3.8, 4) is 10.8 Å². The fourth-order valence-corrected chi connectivity index (χ4v) is 2.86. The van der Waals surface area contributed by atoms with E-state index >= 15 is 0 Å².